The summed E-state index contributed by atoms with van der Waals surface area (Å²) >= 11 is 0. The number of carbonyl (C=O) groups is 1. The number of rotatable bonds is 4. The first-order valence-electron chi connectivity index (χ1n) is 4.55. The third-order valence-electron chi connectivity index (χ3n) is 1.95. The number of benzene rings is 1. The van der Waals surface area contributed by atoms with E-state index in [1.165, 1.54) is 0 Å². The van der Waals surface area contributed by atoms with Crippen LogP contribution in [0.3, 0.4) is 0 Å². The van der Waals surface area contributed by atoms with E-state index in [0.717, 1.165) is 11.1 Å². The molecule has 0 aliphatic rings. The second-order valence-electron chi connectivity index (χ2n) is 3.05. The van der Waals surface area contributed by atoms with E-state index in [2.05, 4.69) is 0 Å². The Morgan fingerprint density at radius 1 is 1.43 bits per heavy atom. The van der Waals surface area contributed by atoms with Crippen molar-refractivity contribution in [2.24, 2.45) is 0 Å². The van der Waals surface area contributed by atoms with Crippen LogP contribution in [0.25, 0.3) is 0 Å². The predicted molar refractivity (Wildman–Crippen MR) is 52.9 cm³/mol. The highest BCUT2D eigenvalue weighted by Crippen LogP contribution is 2.08. The highest BCUT2D eigenvalue weighted by Gasteiger charge is 2.05. The number of aliphatic hydroxyl groups is 1. The van der Waals surface area contributed by atoms with Crippen LogP contribution in [0.5, 0.6) is 0 Å². The summed E-state index contributed by atoms with van der Waals surface area (Å²) in [5.41, 5.74) is 2.05. The Morgan fingerprint density at radius 2 is 2.14 bits per heavy atom. The minimum absolute atomic E-state index is 0.0741. The van der Waals surface area contributed by atoms with Gasteiger partial charge in [0.05, 0.1) is 13.0 Å². The van der Waals surface area contributed by atoms with Crippen molar-refractivity contribution in [2.75, 3.05) is 13.2 Å². The van der Waals surface area contributed by atoms with Crippen molar-refractivity contribution in [3.05, 3.63) is 35.4 Å². The zero-order valence-corrected chi connectivity index (χ0v) is 8.19. The predicted octanol–water partition coefficient (Wildman–Crippen LogP) is 1.07. The molecule has 0 aliphatic carbocycles. The average molecular weight is 194 g/mol. The third-order valence-corrected chi connectivity index (χ3v) is 1.95. The van der Waals surface area contributed by atoms with Crippen LogP contribution in [0, 0.1) is 6.92 Å². The lowest BCUT2D eigenvalue weighted by molar-refractivity contribution is -0.143. The van der Waals surface area contributed by atoms with E-state index in [9.17, 15) is 4.79 Å². The van der Waals surface area contributed by atoms with Crippen LogP contribution in [0.1, 0.15) is 11.1 Å². The van der Waals surface area contributed by atoms with Gasteiger partial charge >= 0.3 is 5.97 Å². The summed E-state index contributed by atoms with van der Waals surface area (Å²) in [6.07, 6.45) is 0.271. The molecule has 0 heterocycles. The Bertz CT molecular complexity index is 307. The third kappa shape index (κ3) is 3.18. The molecule has 0 atom stereocenters. The molecule has 1 rings (SSSR count). The SMILES string of the molecule is Cc1ccccc1CC(=O)OCCO. The fourth-order valence-electron chi connectivity index (χ4n) is 1.17. The molecule has 1 aromatic carbocycles. The van der Waals surface area contributed by atoms with Crippen LogP contribution < -0.4 is 0 Å². The van der Waals surface area contributed by atoms with Gasteiger partial charge in [-0.1, -0.05) is 24.3 Å². The summed E-state index contributed by atoms with van der Waals surface area (Å²) in [6.45, 7) is 1.90. The quantitative estimate of drug-likeness (QED) is 0.729. The number of ether oxygens (including phenoxy) is 1. The Balaban J connectivity index is 2.52. The number of aryl methyl sites for hydroxylation is 1. The molecule has 1 N–H and O–H groups in total. The molecule has 0 fully saturated rings. The minimum atomic E-state index is -0.298. The van der Waals surface area contributed by atoms with Crippen LogP contribution in [-0.4, -0.2) is 24.3 Å². The zero-order valence-electron chi connectivity index (χ0n) is 8.19. The van der Waals surface area contributed by atoms with E-state index >= 15 is 0 Å². The van der Waals surface area contributed by atoms with E-state index in [-0.39, 0.29) is 25.6 Å². The molecule has 0 unspecified atom stereocenters. The van der Waals surface area contributed by atoms with Crippen molar-refractivity contribution in [1.29, 1.82) is 0 Å². The van der Waals surface area contributed by atoms with Gasteiger partial charge in [-0.15, -0.1) is 0 Å². The van der Waals surface area contributed by atoms with Crippen molar-refractivity contribution in [2.45, 2.75) is 13.3 Å². The molecule has 0 aliphatic heterocycles. The van der Waals surface area contributed by atoms with Gasteiger partial charge in [0.2, 0.25) is 0 Å². The van der Waals surface area contributed by atoms with Crippen molar-refractivity contribution in [3.63, 3.8) is 0 Å². The number of esters is 1. The standard InChI is InChI=1S/C11H14O3/c1-9-4-2-3-5-10(9)8-11(13)14-7-6-12/h2-5,12H,6-8H2,1H3. The first-order valence-corrected chi connectivity index (χ1v) is 4.55. The molecule has 3 heteroatoms. The van der Waals surface area contributed by atoms with E-state index in [0.29, 0.717) is 0 Å². The summed E-state index contributed by atoms with van der Waals surface area (Å²) in [4.78, 5) is 11.2. The summed E-state index contributed by atoms with van der Waals surface area (Å²) in [5.74, 6) is -0.298. The zero-order chi connectivity index (χ0) is 10.4. The fraction of sp³-hybridized carbons (Fsp3) is 0.364. The van der Waals surface area contributed by atoms with Crippen LogP contribution in [0.4, 0.5) is 0 Å². The molecule has 0 radical (unpaired) electrons. The van der Waals surface area contributed by atoms with Crippen molar-refractivity contribution >= 4 is 5.97 Å². The van der Waals surface area contributed by atoms with Gasteiger partial charge in [0.1, 0.15) is 6.61 Å². The molecule has 0 saturated heterocycles. The lowest BCUT2D eigenvalue weighted by Crippen LogP contribution is -2.11. The summed E-state index contributed by atoms with van der Waals surface area (Å²) < 4.78 is 4.76. The smallest absolute Gasteiger partial charge is 0.310 e. The number of hydrogen-bond donors (Lipinski definition) is 1. The van der Waals surface area contributed by atoms with Gasteiger partial charge in [0.15, 0.2) is 0 Å². The summed E-state index contributed by atoms with van der Waals surface area (Å²) in [7, 11) is 0. The molecule has 0 aromatic heterocycles. The molecular formula is C11H14O3. The highest BCUT2D eigenvalue weighted by atomic mass is 16.5. The second kappa shape index (κ2) is 5.40. The monoisotopic (exact) mass is 194 g/mol. The highest BCUT2D eigenvalue weighted by molar-refractivity contribution is 5.73. The van der Waals surface area contributed by atoms with Gasteiger partial charge in [0.25, 0.3) is 0 Å². The number of carbonyl (C=O) groups excluding carboxylic acids is 1. The van der Waals surface area contributed by atoms with Crippen molar-refractivity contribution < 1.29 is 14.6 Å². The van der Waals surface area contributed by atoms with E-state index < -0.39 is 0 Å². The minimum Gasteiger partial charge on any atom is -0.463 e. The lowest BCUT2D eigenvalue weighted by atomic mass is 10.1. The normalized spacial score (nSPS) is 9.86. The van der Waals surface area contributed by atoms with E-state index in [1.807, 2.05) is 31.2 Å². The Morgan fingerprint density at radius 3 is 2.79 bits per heavy atom. The summed E-state index contributed by atoms with van der Waals surface area (Å²) in [6, 6.07) is 7.67. The maximum atomic E-state index is 11.2. The van der Waals surface area contributed by atoms with Gasteiger partial charge in [-0.05, 0) is 18.1 Å². The molecule has 0 spiro atoms. The molecule has 76 valence electrons. The van der Waals surface area contributed by atoms with Gasteiger partial charge in [-0.25, -0.2) is 0 Å². The second-order valence-corrected chi connectivity index (χ2v) is 3.05. The molecule has 0 saturated carbocycles. The molecule has 14 heavy (non-hydrogen) atoms. The topological polar surface area (TPSA) is 46.5 Å². The van der Waals surface area contributed by atoms with E-state index in [4.69, 9.17) is 9.84 Å². The van der Waals surface area contributed by atoms with E-state index in [1.54, 1.807) is 0 Å². The van der Waals surface area contributed by atoms with Crippen LogP contribution in [0.2, 0.25) is 0 Å². The van der Waals surface area contributed by atoms with Crippen LogP contribution in [-0.2, 0) is 16.0 Å². The average Bonchev–Trinajstić information content (AvgIpc) is 2.18. The summed E-state index contributed by atoms with van der Waals surface area (Å²) in [5, 5.41) is 8.46. The maximum Gasteiger partial charge on any atom is 0.310 e. The number of aliphatic hydroxyl groups excluding tert-OH is 1. The van der Waals surface area contributed by atoms with Crippen LogP contribution in [0.15, 0.2) is 24.3 Å². The largest absolute Gasteiger partial charge is 0.463 e. The molecule has 0 amide bonds. The molecule has 0 bridgehead atoms. The molecule has 3 nitrogen and oxygen atoms in total. The Hall–Kier alpha value is -1.35. The lowest BCUT2D eigenvalue weighted by Gasteiger charge is -2.05. The maximum absolute atomic E-state index is 11.2. The Labute approximate surface area is 83.3 Å². The first kappa shape index (κ1) is 10.7. The van der Waals surface area contributed by atoms with Gasteiger partial charge in [-0.3, -0.25) is 4.79 Å². The van der Waals surface area contributed by atoms with Gasteiger partial charge < -0.3 is 9.84 Å². The van der Waals surface area contributed by atoms with Crippen molar-refractivity contribution in [1.82, 2.24) is 0 Å². The van der Waals surface area contributed by atoms with Gasteiger partial charge in [0, 0.05) is 0 Å². The fourth-order valence-corrected chi connectivity index (χ4v) is 1.17. The number of hydrogen-bond acceptors (Lipinski definition) is 3. The van der Waals surface area contributed by atoms with Crippen molar-refractivity contribution in [3.8, 4) is 0 Å². The first-order chi connectivity index (χ1) is 6.74. The molecular weight excluding hydrogens is 180 g/mol. The molecule has 1 aromatic rings. The van der Waals surface area contributed by atoms with Crippen LogP contribution >= 0.6 is 0 Å². The van der Waals surface area contributed by atoms with Gasteiger partial charge in [-0.2, -0.15) is 0 Å². The Kier molecular flexibility index (Phi) is 4.13.